The van der Waals surface area contributed by atoms with Crippen LogP contribution in [0.1, 0.15) is 11.6 Å². The molecule has 0 bridgehead atoms. The van der Waals surface area contributed by atoms with Gasteiger partial charge in [0.2, 0.25) is 0 Å². The molecule has 0 spiro atoms. The Bertz CT molecular complexity index is 351. The molecule has 2 N–H and O–H groups in total. The zero-order chi connectivity index (χ0) is 12.2. The van der Waals surface area contributed by atoms with Crippen LogP contribution >= 0.6 is 0 Å². The van der Waals surface area contributed by atoms with Gasteiger partial charge < -0.3 is 10.4 Å². The number of hydrogen-bond donors (Lipinski definition) is 2. The summed E-state index contributed by atoms with van der Waals surface area (Å²) in [5.74, 6) is -2.06. The fourth-order valence-corrected chi connectivity index (χ4v) is 1.16. The zero-order valence-corrected chi connectivity index (χ0v) is 8.16. The maximum Gasteiger partial charge on any atom is 0.471 e. The third kappa shape index (κ3) is 3.23. The number of carbonyl (C=O) groups excluding carboxylic acids is 1. The van der Waals surface area contributed by atoms with E-state index in [1.54, 1.807) is 23.5 Å². The Morgan fingerprint density at radius 1 is 1.31 bits per heavy atom. The summed E-state index contributed by atoms with van der Waals surface area (Å²) in [7, 11) is 0. The first kappa shape index (κ1) is 12.5. The van der Waals surface area contributed by atoms with E-state index >= 15 is 0 Å². The van der Waals surface area contributed by atoms with E-state index in [1.165, 1.54) is 12.1 Å². The van der Waals surface area contributed by atoms with Gasteiger partial charge in [-0.1, -0.05) is 30.3 Å². The van der Waals surface area contributed by atoms with Crippen LogP contribution in [0.5, 0.6) is 0 Å². The van der Waals surface area contributed by atoms with Crippen molar-refractivity contribution in [2.45, 2.75) is 12.2 Å². The van der Waals surface area contributed by atoms with Crippen LogP contribution in [0.4, 0.5) is 13.2 Å². The van der Waals surface area contributed by atoms with E-state index in [1.807, 2.05) is 0 Å². The van der Waals surface area contributed by atoms with Crippen LogP contribution in [0, 0.1) is 0 Å². The summed E-state index contributed by atoms with van der Waals surface area (Å²) >= 11 is 0. The molecule has 3 nitrogen and oxygen atoms in total. The van der Waals surface area contributed by atoms with Gasteiger partial charge in [0.25, 0.3) is 0 Å². The molecule has 0 radical (unpaired) electrons. The molecule has 0 fully saturated rings. The molecule has 16 heavy (non-hydrogen) atoms. The van der Waals surface area contributed by atoms with Crippen LogP contribution < -0.4 is 5.32 Å². The van der Waals surface area contributed by atoms with E-state index in [9.17, 15) is 18.0 Å². The maximum absolute atomic E-state index is 12.0. The topological polar surface area (TPSA) is 49.3 Å². The molecule has 0 unspecified atom stereocenters. The van der Waals surface area contributed by atoms with Crippen molar-refractivity contribution in [3.05, 3.63) is 35.9 Å². The molecular formula is C10H10F3NO2. The fourth-order valence-electron chi connectivity index (χ4n) is 1.16. The van der Waals surface area contributed by atoms with Crippen LogP contribution in [-0.4, -0.2) is 23.8 Å². The molecule has 0 aliphatic carbocycles. The van der Waals surface area contributed by atoms with Gasteiger partial charge in [0, 0.05) is 0 Å². The van der Waals surface area contributed by atoms with Crippen LogP contribution in [0.3, 0.4) is 0 Å². The number of amides is 1. The Balaban J connectivity index is 2.75. The van der Waals surface area contributed by atoms with E-state index in [-0.39, 0.29) is 0 Å². The minimum Gasteiger partial charge on any atom is -0.394 e. The lowest BCUT2D eigenvalue weighted by atomic mass is 10.1. The highest BCUT2D eigenvalue weighted by atomic mass is 19.4. The Labute approximate surface area is 89.9 Å². The number of benzene rings is 1. The average molecular weight is 233 g/mol. The minimum atomic E-state index is -4.94. The number of rotatable bonds is 3. The second-order valence-electron chi connectivity index (χ2n) is 3.12. The van der Waals surface area contributed by atoms with Crippen molar-refractivity contribution in [3.63, 3.8) is 0 Å². The van der Waals surface area contributed by atoms with Gasteiger partial charge in [-0.25, -0.2) is 0 Å². The Hall–Kier alpha value is -1.56. The highest BCUT2D eigenvalue weighted by molar-refractivity contribution is 5.82. The number of aliphatic hydroxyl groups excluding tert-OH is 1. The van der Waals surface area contributed by atoms with E-state index in [2.05, 4.69) is 0 Å². The maximum atomic E-state index is 12.0. The minimum absolute atomic E-state index is 0.419. The third-order valence-electron chi connectivity index (χ3n) is 1.95. The fraction of sp³-hybridized carbons (Fsp3) is 0.300. The molecular weight excluding hydrogens is 223 g/mol. The second-order valence-corrected chi connectivity index (χ2v) is 3.12. The molecule has 1 rings (SSSR count). The Kier molecular flexibility index (Phi) is 3.89. The van der Waals surface area contributed by atoms with Crippen molar-refractivity contribution in [1.29, 1.82) is 0 Å². The van der Waals surface area contributed by atoms with Crippen LogP contribution in [0.2, 0.25) is 0 Å². The number of hydrogen-bond acceptors (Lipinski definition) is 2. The normalized spacial score (nSPS) is 13.2. The Morgan fingerprint density at radius 3 is 2.31 bits per heavy atom. The summed E-state index contributed by atoms with van der Waals surface area (Å²) in [6, 6.07) is 6.91. The molecule has 0 saturated heterocycles. The summed E-state index contributed by atoms with van der Waals surface area (Å²) in [6.07, 6.45) is -4.94. The van der Waals surface area contributed by atoms with E-state index in [0.29, 0.717) is 5.56 Å². The monoisotopic (exact) mass is 233 g/mol. The molecule has 6 heteroatoms. The largest absolute Gasteiger partial charge is 0.471 e. The highest BCUT2D eigenvalue weighted by Crippen LogP contribution is 2.18. The average Bonchev–Trinajstić information content (AvgIpc) is 2.25. The first-order valence-corrected chi connectivity index (χ1v) is 4.48. The van der Waals surface area contributed by atoms with Gasteiger partial charge in [-0.3, -0.25) is 4.79 Å². The molecule has 1 amide bonds. The zero-order valence-electron chi connectivity index (χ0n) is 8.16. The number of alkyl halides is 3. The summed E-state index contributed by atoms with van der Waals surface area (Å²) in [5.41, 5.74) is 0.419. The summed E-state index contributed by atoms with van der Waals surface area (Å²) in [5, 5.41) is 10.6. The molecule has 88 valence electrons. The number of halogens is 3. The van der Waals surface area contributed by atoms with Crippen molar-refractivity contribution in [2.75, 3.05) is 6.61 Å². The van der Waals surface area contributed by atoms with E-state index in [4.69, 9.17) is 5.11 Å². The second kappa shape index (κ2) is 4.98. The van der Waals surface area contributed by atoms with E-state index in [0.717, 1.165) is 0 Å². The van der Waals surface area contributed by atoms with Crippen molar-refractivity contribution in [3.8, 4) is 0 Å². The first-order valence-electron chi connectivity index (χ1n) is 4.48. The van der Waals surface area contributed by atoms with Gasteiger partial charge in [0.1, 0.15) is 0 Å². The predicted octanol–water partition coefficient (Wildman–Crippen LogP) is 1.40. The lowest BCUT2D eigenvalue weighted by molar-refractivity contribution is -0.174. The predicted molar refractivity (Wildman–Crippen MR) is 50.5 cm³/mol. The summed E-state index contributed by atoms with van der Waals surface area (Å²) in [4.78, 5) is 10.7. The van der Waals surface area contributed by atoms with Crippen molar-refractivity contribution in [1.82, 2.24) is 5.32 Å². The number of nitrogens with one attached hydrogen (secondary N) is 1. The van der Waals surface area contributed by atoms with Crippen LogP contribution in [0.25, 0.3) is 0 Å². The lowest BCUT2D eigenvalue weighted by Crippen LogP contribution is -2.40. The van der Waals surface area contributed by atoms with Crippen molar-refractivity contribution < 1.29 is 23.1 Å². The molecule has 0 heterocycles. The third-order valence-corrected chi connectivity index (χ3v) is 1.95. The molecule has 0 aliphatic rings. The summed E-state index contributed by atoms with van der Waals surface area (Å²) < 4.78 is 35.9. The van der Waals surface area contributed by atoms with Gasteiger partial charge >= 0.3 is 12.1 Å². The van der Waals surface area contributed by atoms with Gasteiger partial charge in [-0.15, -0.1) is 0 Å². The lowest BCUT2D eigenvalue weighted by Gasteiger charge is -2.17. The molecule has 0 aromatic heterocycles. The van der Waals surface area contributed by atoms with Gasteiger partial charge in [0.15, 0.2) is 0 Å². The highest BCUT2D eigenvalue weighted by Gasteiger charge is 2.39. The van der Waals surface area contributed by atoms with Gasteiger partial charge in [0.05, 0.1) is 12.6 Å². The molecule has 1 atom stereocenters. The molecule has 1 aromatic carbocycles. The number of carbonyl (C=O) groups is 1. The van der Waals surface area contributed by atoms with Crippen molar-refractivity contribution in [2.24, 2.45) is 0 Å². The Morgan fingerprint density at radius 2 is 1.88 bits per heavy atom. The van der Waals surface area contributed by atoms with Crippen LogP contribution in [0.15, 0.2) is 30.3 Å². The van der Waals surface area contributed by atoms with E-state index < -0.39 is 24.7 Å². The first-order chi connectivity index (χ1) is 7.45. The van der Waals surface area contributed by atoms with Gasteiger partial charge in [-0.05, 0) is 5.56 Å². The van der Waals surface area contributed by atoms with Crippen molar-refractivity contribution >= 4 is 5.91 Å². The van der Waals surface area contributed by atoms with Gasteiger partial charge in [-0.2, -0.15) is 13.2 Å². The standard InChI is InChI=1S/C10H10F3NO2/c11-10(12,13)9(16)14-8(6-15)7-4-2-1-3-5-7/h1-5,8,15H,6H2,(H,14,16)/t8-/m1/s1. The smallest absolute Gasteiger partial charge is 0.394 e. The SMILES string of the molecule is O=C(N[C@H](CO)c1ccccc1)C(F)(F)F. The van der Waals surface area contributed by atoms with Crippen LogP contribution in [-0.2, 0) is 4.79 Å². The number of aliphatic hydroxyl groups is 1. The summed E-state index contributed by atoms with van der Waals surface area (Å²) in [6.45, 7) is -0.591. The molecule has 0 aliphatic heterocycles. The molecule has 0 saturated carbocycles. The molecule has 1 aromatic rings. The quantitative estimate of drug-likeness (QED) is 0.829.